The van der Waals surface area contributed by atoms with Gasteiger partial charge in [-0.05, 0) is 20.8 Å². The van der Waals surface area contributed by atoms with Gasteiger partial charge in [-0.15, -0.1) is 0 Å². The summed E-state index contributed by atoms with van der Waals surface area (Å²) < 4.78 is 3.83. The lowest BCUT2D eigenvalue weighted by atomic mass is 10.2. The van der Waals surface area contributed by atoms with E-state index in [0.717, 1.165) is 12.2 Å². The van der Waals surface area contributed by atoms with Gasteiger partial charge in [-0.25, -0.2) is 0 Å². The molecule has 5 heteroatoms. The van der Waals surface area contributed by atoms with E-state index < -0.39 is 0 Å². The van der Waals surface area contributed by atoms with Crippen molar-refractivity contribution in [3.05, 3.63) is 29.8 Å². The number of hydrogen-bond acceptors (Lipinski definition) is 3. The Morgan fingerprint density at radius 1 is 1.29 bits per heavy atom. The number of hydrogen-bond donors (Lipinski definition) is 1. The predicted molar refractivity (Wildman–Crippen MR) is 67.9 cm³/mol. The summed E-state index contributed by atoms with van der Waals surface area (Å²) in [6, 6.07) is 0.394. The van der Waals surface area contributed by atoms with Crippen molar-refractivity contribution in [1.82, 2.24) is 19.6 Å². The molecule has 0 bridgehead atoms. The van der Waals surface area contributed by atoms with Crippen LogP contribution in [-0.2, 0) is 13.6 Å². The van der Waals surface area contributed by atoms with Crippen molar-refractivity contribution in [3.8, 4) is 0 Å². The van der Waals surface area contributed by atoms with Crippen LogP contribution in [0.2, 0.25) is 0 Å². The first kappa shape index (κ1) is 11.7. The standard InChI is InChI=1S/C12H19N5/c1-9(2)17-8-12(7-15-17)13-5-11-6-14-16(4)10(11)3/h6-9,13H,5H2,1-4H3. The van der Waals surface area contributed by atoms with Crippen molar-refractivity contribution < 1.29 is 0 Å². The van der Waals surface area contributed by atoms with Gasteiger partial charge in [0.15, 0.2) is 0 Å². The normalized spacial score (nSPS) is 11.1. The first-order valence-electron chi connectivity index (χ1n) is 5.83. The molecular weight excluding hydrogens is 214 g/mol. The number of aromatic nitrogens is 4. The molecule has 0 saturated heterocycles. The van der Waals surface area contributed by atoms with E-state index in [1.54, 1.807) is 0 Å². The topological polar surface area (TPSA) is 47.7 Å². The molecule has 0 aliphatic carbocycles. The SMILES string of the molecule is Cc1c(CNc2cnn(C(C)C)c2)cnn1C. The van der Waals surface area contributed by atoms with Gasteiger partial charge in [-0.3, -0.25) is 9.36 Å². The van der Waals surface area contributed by atoms with E-state index in [1.165, 1.54) is 11.3 Å². The van der Waals surface area contributed by atoms with Crippen LogP contribution in [0.4, 0.5) is 5.69 Å². The van der Waals surface area contributed by atoms with Crippen LogP contribution in [0.1, 0.15) is 31.1 Å². The van der Waals surface area contributed by atoms with Gasteiger partial charge >= 0.3 is 0 Å². The monoisotopic (exact) mass is 233 g/mol. The number of anilines is 1. The third-order valence-electron chi connectivity index (χ3n) is 2.95. The Morgan fingerprint density at radius 2 is 2.06 bits per heavy atom. The zero-order chi connectivity index (χ0) is 12.4. The number of nitrogens with zero attached hydrogens (tertiary/aromatic N) is 4. The zero-order valence-corrected chi connectivity index (χ0v) is 10.8. The molecule has 0 unspecified atom stereocenters. The highest BCUT2D eigenvalue weighted by Gasteiger charge is 2.05. The molecule has 2 aromatic heterocycles. The van der Waals surface area contributed by atoms with Crippen molar-refractivity contribution in [3.63, 3.8) is 0 Å². The van der Waals surface area contributed by atoms with Gasteiger partial charge in [0.2, 0.25) is 0 Å². The maximum Gasteiger partial charge on any atom is 0.0729 e. The van der Waals surface area contributed by atoms with Crippen LogP contribution in [0.3, 0.4) is 0 Å². The molecule has 0 atom stereocenters. The number of nitrogens with one attached hydrogen (secondary N) is 1. The Hall–Kier alpha value is -1.78. The highest BCUT2D eigenvalue weighted by Crippen LogP contribution is 2.12. The number of aryl methyl sites for hydroxylation is 1. The van der Waals surface area contributed by atoms with Crippen LogP contribution in [0.5, 0.6) is 0 Å². The fraction of sp³-hybridized carbons (Fsp3) is 0.500. The van der Waals surface area contributed by atoms with Crippen molar-refractivity contribution in [1.29, 1.82) is 0 Å². The molecule has 0 aromatic carbocycles. The maximum absolute atomic E-state index is 4.29. The quantitative estimate of drug-likeness (QED) is 0.880. The molecule has 2 aromatic rings. The van der Waals surface area contributed by atoms with E-state index in [-0.39, 0.29) is 0 Å². The summed E-state index contributed by atoms with van der Waals surface area (Å²) in [7, 11) is 1.95. The summed E-state index contributed by atoms with van der Waals surface area (Å²) in [4.78, 5) is 0. The summed E-state index contributed by atoms with van der Waals surface area (Å²) in [5, 5.41) is 11.9. The third kappa shape index (κ3) is 2.49. The summed E-state index contributed by atoms with van der Waals surface area (Å²) in [5.41, 5.74) is 3.44. The van der Waals surface area contributed by atoms with Crippen LogP contribution < -0.4 is 5.32 Å². The van der Waals surface area contributed by atoms with Crippen LogP contribution in [0.15, 0.2) is 18.6 Å². The van der Waals surface area contributed by atoms with Gasteiger partial charge < -0.3 is 5.32 Å². The first-order valence-corrected chi connectivity index (χ1v) is 5.83. The second-order valence-electron chi connectivity index (χ2n) is 4.54. The van der Waals surface area contributed by atoms with Gasteiger partial charge in [0, 0.05) is 37.1 Å². The molecule has 0 saturated carbocycles. The lowest BCUT2D eigenvalue weighted by Crippen LogP contribution is -2.02. The van der Waals surface area contributed by atoms with E-state index in [4.69, 9.17) is 0 Å². The molecule has 0 aliphatic rings. The zero-order valence-electron chi connectivity index (χ0n) is 10.8. The summed E-state index contributed by atoms with van der Waals surface area (Å²) in [5.74, 6) is 0. The third-order valence-corrected chi connectivity index (χ3v) is 2.95. The first-order chi connectivity index (χ1) is 8.08. The molecule has 17 heavy (non-hydrogen) atoms. The van der Waals surface area contributed by atoms with Crippen LogP contribution in [-0.4, -0.2) is 19.6 Å². The van der Waals surface area contributed by atoms with E-state index in [0.29, 0.717) is 6.04 Å². The van der Waals surface area contributed by atoms with E-state index in [1.807, 2.05) is 35.0 Å². The minimum absolute atomic E-state index is 0.394. The second-order valence-corrected chi connectivity index (χ2v) is 4.54. The Morgan fingerprint density at radius 3 is 2.59 bits per heavy atom. The lowest BCUT2D eigenvalue weighted by Gasteiger charge is -2.04. The fourth-order valence-electron chi connectivity index (χ4n) is 1.63. The minimum Gasteiger partial charge on any atom is -0.378 e. The van der Waals surface area contributed by atoms with Crippen molar-refractivity contribution in [2.75, 3.05) is 5.32 Å². The molecule has 2 rings (SSSR count). The molecule has 0 aliphatic heterocycles. The Balaban J connectivity index is 2.00. The minimum atomic E-state index is 0.394. The Kier molecular flexibility index (Phi) is 3.17. The smallest absolute Gasteiger partial charge is 0.0729 e. The molecule has 1 N–H and O–H groups in total. The lowest BCUT2D eigenvalue weighted by molar-refractivity contribution is 0.532. The average Bonchev–Trinajstić information content (AvgIpc) is 2.86. The van der Waals surface area contributed by atoms with E-state index in [2.05, 4.69) is 36.3 Å². The maximum atomic E-state index is 4.29. The Bertz CT molecular complexity index is 495. The largest absolute Gasteiger partial charge is 0.378 e. The fourth-order valence-corrected chi connectivity index (χ4v) is 1.63. The van der Waals surface area contributed by atoms with Crippen LogP contribution in [0, 0.1) is 6.92 Å². The van der Waals surface area contributed by atoms with Gasteiger partial charge in [-0.1, -0.05) is 0 Å². The average molecular weight is 233 g/mol. The van der Waals surface area contributed by atoms with E-state index in [9.17, 15) is 0 Å². The van der Waals surface area contributed by atoms with Crippen LogP contribution >= 0.6 is 0 Å². The van der Waals surface area contributed by atoms with Crippen molar-refractivity contribution in [2.24, 2.45) is 7.05 Å². The second kappa shape index (κ2) is 4.61. The van der Waals surface area contributed by atoms with Crippen molar-refractivity contribution >= 4 is 5.69 Å². The highest BCUT2D eigenvalue weighted by molar-refractivity contribution is 5.39. The van der Waals surface area contributed by atoms with Gasteiger partial charge in [-0.2, -0.15) is 10.2 Å². The van der Waals surface area contributed by atoms with Gasteiger partial charge in [0.05, 0.1) is 18.1 Å². The van der Waals surface area contributed by atoms with Gasteiger partial charge in [0.25, 0.3) is 0 Å². The van der Waals surface area contributed by atoms with Crippen molar-refractivity contribution in [2.45, 2.75) is 33.4 Å². The summed E-state index contributed by atoms with van der Waals surface area (Å²) in [6.07, 6.45) is 5.78. The molecular formula is C12H19N5. The highest BCUT2D eigenvalue weighted by atomic mass is 15.3. The molecule has 0 spiro atoms. The summed E-state index contributed by atoms with van der Waals surface area (Å²) >= 11 is 0. The van der Waals surface area contributed by atoms with Crippen LogP contribution in [0.25, 0.3) is 0 Å². The summed E-state index contributed by atoms with van der Waals surface area (Å²) in [6.45, 7) is 7.08. The molecule has 5 nitrogen and oxygen atoms in total. The molecule has 0 fully saturated rings. The van der Waals surface area contributed by atoms with Gasteiger partial charge in [0.1, 0.15) is 0 Å². The molecule has 0 radical (unpaired) electrons. The molecule has 2 heterocycles. The molecule has 92 valence electrons. The molecule has 0 amide bonds. The predicted octanol–water partition coefficient (Wildman–Crippen LogP) is 2.12. The number of rotatable bonds is 4. The Labute approximate surface area is 101 Å². The van der Waals surface area contributed by atoms with E-state index >= 15 is 0 Å².